The first kappa shape index (κ1) is 10.6. The Balaban J connectivity index is 1.99. The van der Waals surface area contributed by atoms with Gasteiger partial charge in [0.1, 0.15) is 0 Å². The lowest BCUT2D eigenvalue weighted by Crippen LogP contribution is -2.40. The molecule has 1 aliphatic rings. The highest BCUT2D eigenvalue weighted by atomic mass is 16.3. The summed E-state index contributed by atoms with van der Waals surface area (Å²) in [5.74, 6) is 0. The molecular weight excluding hydrogens is 194 g/mol. The Bertz CT molecular complexity index is 331. The van der Waals surface area contributed by atoms with E-state index < -0.39 is 11.7 Å². The van der Waals surface area contributed by atoms with Crippen LogP contribution in [0, 0.1) is 0 Å². The predicted octanol–water partition coefficient (Wildman–Crippen LogP) is 0.0236. The van der Waals surface area contributed by atoms with Crippen LogP contribution in [-0.2, 0) is 13.5 Å². The van der Waals surface area contributed by atoms with Gasteiger partial charge in [0.25, 0.3) is 0 Å². The van der Waals surface area contributed by atoms with Crippen LogP contribution in [0.4, 0.5) is 0 Å². The summed E-state index contributed by atoms with van der Waals surface area (Å²) in [5.41, 5.74) is -0.178. The van der Waals surface area contributed by atoms with Crippen LogP contribution < -0.4 is 0 Å². The minimum atomic E-state index is -0.905. The molecule has 1 atom stereocenters. The molecule has 0 amide bonds. The third-order valence-electron chi connectivity index (χ3n) is 3.14. The third-order valence-corrected chi connectivity index (χ3v) is 3.14. The van der Waals surface area contributed by atoms with E-state index in [1.54, 1.807) is 17.9 Å². The monoisotopic (exact) mass is 211 g/mol. The van der Waals surface area contributed by atoms with Gasteiger partial charge in [-0.1, -0.05) is 18.1 Å². The standard InChI is InChI=1S/C10H17N3O2/c1-13-7-8(11-12-13)6-9(14)10(15)4-2-3-5-10/h7,9,14-15H,2-6H2,1H3. The Morgan fingerprint density at radius 2 is 2.20 bits per heavy atom. The lowest BCUT2D eigenvalue weighted by molar-refractivity contribution is -0.0693. The summed E-state index contributed by atoms with van der Waals surface area (Å²) in [4.78, 5) is 0. The third kappa shape index (κ3) is 2.18. The predicted molar refractivity (Wildman–Crippen MR) is 54.1 cm³/mol. The molecule has 5 nitrogen and oxygen atoms in total. The van der Waals surface area contributed by atoms with Gasteiger partial charge in [-0.3, -0.25) is 4.68 Å². The van der Waals surface area contributed by atoms with E-state index in [1.807, 2.05) is 0 Å². The Morgan fingerprint density at radius 3 is 2.73 bits per heavy atom. The van der Waals surface area contributed by atoms with Crippen molar-refractivity contribution >= 4 is 0 Å². The summed E-state index contributed by atoms with van der Waals surface area (Å²) in [7, 11) is 1.78. The molecule has 15 heavy (non-hydrogen) atoms. The molecule has 2 rings (SSSR count). The highest BCUT2D eigenvalue weighted by Gasteiger charge is 2.38. The first-order valence-corrected chi connectivity index (χ1v) is 5.36. The summed E-state index contributed by atoms with van der Waals surface area (Å²) in [6.45, 7) is 0. The number of rotatable bonds is 3. The van der Waals surface area contributed by atoms with Crippen molar-refractivity contribution in [1.82, 2.24) is 15.0 Å². The molecule has 1 aliphatic carbocycles. The number of aryl methyl sites for hydroxylation is 1. The Labute approximate surface area is 88.7 Å². The number of aromatic nitrogens is 3. The maximum atomic E-state index is 10.1. The fourth-order valence-electron chi connectivity index (χ4n) is 2.20. The van der Waals surface area contributed by atoms with Crippen molar-refractivity contribution in [3.8, 4) is 0 Å². The van der Waals surface area contributed by atoms with Crippen LogP contribution >= 0.6 is 0 Å². The maximum absolute atomic E-state index is 10.1. The van der Waals surface area contributed by atoms with Crippen LogP contribution in [0.25, 0.3) is 0 Å². The lowest BCUT2D eigenvalue weighted by atomic mass is 9.92. The molecule has 0 radical (unpaired) electrons. The Hall–Kier alpha value is -0.940. The zero-order valence-corrected chi connectivity index (χ0v) is 8.93. The van der Waals surface area contributed by atoms with Gasteiger partial charge in [-0.25, -0.2) is 0 Å². The number of aliphatic hydroxyl groups excluding tert-OH is 1. The van der Waals surface area contributed by atoms with E-state index in [0.717, 1.165) is 18.5 Å². The van der Waals surface area contributed by atoms with Gasteiger partial charge in [0.2, 0.25) is 0 Å². The molecule has 0 spiro atoms. The van der Waals surface area contributed by atoms with Crippen molar-refractivity contribution in [2.45, 2.75) is 43.8 Å². The quantitative estimate of drug-likeness (QED) is 0.739. The summed E-state index contributed by atoms with van der Waals surface area (Å²) < 4.78 is 1.60. The van der Waals surface area contributed by atoms with Crippen molar-refractivity contribution in [3.63, 3.8) is 0 Å². The molecule has 0 aliphatic heterocycles. The second-order valence-electron chi connectivity index (χ2n) is 4.41. The first-order valence-electron chi connectivity index (χ1n) is 5.36. The molecular formula is C10H17N3O2. The van der Waals surface area contributed by atoms with Gasteiger partial charge in [-0.05, 0) is 12.8 Å². The number of hydrogen-bond acceptors (Lipinski definition) is 4. The van der Waals surface area contributed by atoms with Crippen molar-refractivity contribution in [3.05, 3.63) is 11.9 Å². The molecule has 1 unspecified atom stereocenters. The minimum Gasteiger partial charge on any atom is -0.390 e. The molecule has 1 fully saturated rings. The molecule has 1 saturated carbocycles. The van der Waals surface area contributed by atoms with Gasteiger partial charge in [0, 0.05) is 19.7 Å². The SMILES string of the molecule is Cn1cc(CC(O)C2(O)CCCC2)nn1. The second kappa shape index (κ2) is 3.90. The Morgan fingerprint density at radius 1 is 1.53 bits per heavy atom. The number of hydrogen-bond donors (Lipinski definition) is 2. The van der Waals surface area contributed by atoms with E-state index in [1.165, 1.54) is 0 Å². The lowest BCUT2D eigenvalue weighted by Gasteiger charge is -2.27. The molecule has 1 aromatic heterocycles. The molecule has 1 heterocycles. The van der Waals surface area contributed by atoms with Crippen LogP contribution in [0.15, 0.2) is 6.20 Å². The van der Waals surface area contributed by atoms with Gasteiger partial charge in [0.05, 0.1) is 17.4 Å². The van der Waals surface area contributed by atoms with Gasteiger partial charge < -0.3 is 10.2 Å². The minimum absolute atomic E-state index is 0.379. The average molecular weight is 211 g/mol. The molecule has 0 saturated heterocycles. The van der Waals surface area contributed by atoms with Gasteiger partial charge in [0.15, 0.2) is 0 Å². The zero-order chi connectivity index (χ0) is 10.9. The van der Waals surface area contributed by atoms with E-state index in [4.69, 9.17) is 0 Å². The zero-order valence-electron chi connectivity index (χ0n) is 8.93. The van der Waals surface area contributed by atoms with E-state index >= 15 is 0 Å². The van der Waals surface area contributed by atoms with Crippen LogP contribution in [-0.4, -0.2) is 36.9 Å². The highest BCUT2D eigenvalue weighted by molar-refractivity contribution is 5.00. The van der Waals surface area contributed by atoms with Crippen molar-refractivity contribution < 1.29 is 10.2 Å². The molecule has 1 aromatic rings. The molecule has 84 valence electrons. The second-order valence-corrected chi connectivity index (χ2v) is 4.41. The average Bonchev–Trinajstić information content (AvgIpc) is 2.76. The number of nitrogens with zero attached hydrogens (tertiary/aromatic N) is 3. The summed E-state index contributed by atoms with van der Waals surface area (Å²) in [5, 5.41) is 27.8. The van der Waals surface area contributed by atoms with E-state index in [9.17, 15) is 10.2 Å². The van der Waals surface area contributed by atoms with Gasteiger partial charge in [-0.15, -0.1) is 5.10 Å². The largest absolute Gasteiger partial charge is 0.390 e. The first-order chi connectivity index (χ1) is 7.10. The summed E-state index contributed by atoms with van der Waals surface area (Å²) in [6.07, 6.45) is 4.79. The molecule has 5 heteroatoms. The van der Waals surface area contributed by atoms with Crippen LogP contribution in [0.3, 0.4) is 0 Å². The summed E-state index contributed by atoms with van der Waals surface area (Å²) in [6, 6.07) is 0. The Kier molecular flexibility index (Phi) is 2.75. The fourth-order valence-corrected chi connectivity index (χ4v) is 2.20. The number of aliphatic hydroxyl groups is 2. The van der Waals surface area contributed by atoms with Crippen molar-refractivity contribution in [2.75, 3.05) is 0 Å². The van der Waals surface area contributed by atoms with Crippen LogP contribution in [0.2, 0.25) is 0 Å². The fraction of sp³-hybridized carbons (Fsp3) is 0.800. The van der Waals surface area contributed by atoms with Gasteiger partial charge in [-0.2, -0.15) is 0 Å². The molecule has 2 N–H and O–H groups in total. The summed E-state index contributed by atoms with van der Waals surface area (Å²) >= 11 is 0. The topological polar surface area (TPSA) is 71.2 Å². The van der Waals surface area contributed by atoms with Crippen molar-refractivity contribution in [1.29, 1.82) is 0 Å². The van der Waals surface area contributed by atoms with Crippen LogP contribution in [0.1, 0.15) is 31.4 Å². The van der Waals surface area contributed by atoms with Gasteiger partial charge >= 0.3 is 0 Å². The smallest absolute Gasteiger partial charge is 0.0909 e. The van der Waals surface area contributed by atoms with E-state index in [-0.39, 0.29) is 0 Å². The van der Waals surface area contributed by atoms with E-state index in [0.29, 0.717) is 19.3 Å². The van der Waals surface area contributed by atoms with Crippen molar-refractivity contribution in [2.24, 2.45) is 7.05 Å². The van der Waals surface area contributed by atoms with Crippen LogP contribution in [0.5, 0.6) is 0 Å². The molecule has 0 bridgehead atoms. The molecule has 0 aromatic carbocycles. The van der Waals surface area contributed by atoms with E-state index in [2.05, 4.69) is 10.3 Å². The highest BCUT2D eigenvalue weighted by Crippen LogP contribution is 2.33. The normalized spacial score (nSPS) is 21.8. The maximum Gasteiger partial charge on any atom is 0.0909 e.